The average molecular weight is 263 g/mol. The Morgan fingerprint density at radius 1 is 1.53 bits per heavy atom. The van der Waals surface area contributed by atoms with Crippen LogP contribution in [0.2, 0.25) is 0 Å². The summed E-state index contributed by atoms with van der Waals surface area (Å²) in [6.07, 6.45) is 2.08. The van der Waals surface area contributed by atoms with Gasteiger partial charge >= 0.3 is 0 Å². The van der Waals surface area contributed by atoms with Crippen LogP contribution in [0.1, 0.15) is 23.2 Å². The van der Waals surface area contributed by atoms with Crippen molar-refractivity contribution in [2.75, 3.05) is 19.6 Å². The zero-order chi connectivity index (χ0) is 13.7. The molecule has 0 aliphatic carbocycles. The Bertz CT molecular complexity index is 470. The molecule has 102 valence electrons. The molecule has 0 radical (unpaired) electrons. The van der Waals surface area contributed by atoms with Gasteiger partial charge in [-0.25, -0.2) is 0 Å². The third kappa shape index (κ3) is 3.75. The van der Waals surface area contributed by atoms with Crippen molar-refractivity contribution in [1.29, 1.82) is 0 Å². The highest BCUT2D eigenvalue weighted by atomic mass is 16.6. The lowest BCUT2D eigenvalue weighted by Crippen LogP contribution is -2.26. The average Bonchev–Trinajstić information content (AvgIpc) is 2.92. The number of hydrogen-bond acceptors (Lipinski definition) is 4. The predicted octanol–water partition coefficient (Wildman–Crippen LogP) is 1.32. The monoisotopic (exact) mass is 263 g/mol. The van der Waals surface area contributed by atoms with Gasteiger partial charge in [-0.15, -0.1) is 0 Å². The van der Waals surface area contributed by atoms with Gasteiger partial charge in [-0.2, -0.15) is 0 Å². The highest BCUT2D eigenvalue weighted by Crippen LogP contribution is 2.14. The Morgan fingerprint density at radius 3 is 3.05 bits per heavy atom. The van der Waals surface area contributed by atoms with Gasteiger partial charge in [-0.05, 0) is 37.9 Å². The van der Waals surface area contributed by atoms with E-state index >= 15 is 0 Å². The maximum absolute atomic E-state index is 11.8. The van der Waals surface area contributed by atoms with Crippen molar-refractivity contribution >= 4 is 11.6 Å². The summed E-state index contributed by atoms with van der Waals surface area (Å²) in [5.41, 5.74) is 0.270. The summed E-state index contributed by atoms with van der Waals surface area (Å²) in [5.74, 6) is 0.361. The minimum Gasteiger partial charge on any atom is -0.352 e. The second-order valence-corrected chi connectivity index (χ2v) is 4.71. The Kier molecular flexibility index (Phi) is 4.46. The number of rotatable bonds is 5. The molecule has 1 amide bonds. The highest BCUT2D eigenvalue weighted by molar-refractivity contribution is 5.94. The van der Waals surface area contributed by atoms with Crippen molar-refractivity contribution in [1.82, 2.24) is 10.6 Å². The first-order chi connectivity index (χ1) is 9.16. The molecular formula is C13H17N3O3. The number of carbonyl (C=O) groups excluding carboxylic acids is 1. The summed E-state index contributed by atoms with van der Waals surface area (Å²) >= 11 is 0. The van der Waals surface area contributed by atoms with Crippen LogP contribution in [-0.2, 0) is 0 Å². The zero-order valence-electron chi connectivity index (χ0n) is 10.6. The number of hydrogen-bond donors (Lipinski definition) is 2. The molecule has 1 fully saturated rings. The molecule has 2 rings (SSSR count). The molecule has 19 heavy (non-hydrogen) atoms. The Labute approximate surface area is 111 Å². The molecule has 6 heteroatoms. The van der Waals surface area contributed by atoms with E-state index in [4.69, 9.17) is 0 Å². The third-order valence-electron chi connectivity index (χ3n) is 3.32. The number of nitrogens with zero attached hydrogens (tertiary/aromatic N) is 1. The topological polar surface area (TPSA) is 84.3 Å². The molecule has 0 saturated carbocycles. The first kappa shape index (κ1) is 13.5. The molecule has 1 aromatic rings. The molecule has 1 aliphatic rings. The number of amides is 1. The van der Waals surface area contributed by atoms with Gasteiger partial charge in [0.2, 0.25) is 0 Å². The van der Waals surface area contributed by atoms with E-state index in [-0.39, 0.29) is 11.6 Å². The molecule has 0 bridgehead atoms. The lowest BCUT2D eigenvalue weighted by molar-refractivity contribution is -0.384. The van der Waals surface area contributed by atoms with Crippen molar-refractivity contribution in [3.05, 3.63) is 39.9 Å². The Morgan fingerprint density at radius 2 is 2.37 bits per heavy atom. The number of nitro benzene ring substituents is 1. The van der Waals surface area contributed by atoms with E-state index in [9.17, 15) is 14.9 Å². The smallest absolute Gasteiger partial charge is 0.270 e. The molecule has 1 atom stereocenters. The van der Waals surface area contributed by atoms with Crippen molar-refractivity contribution in [3.63, 3.8) is 0 Å². The van der Waals surface area contributed by atoms with Crippen LogP contribution in [0.3, 0.4) is 0 Å². The van der Waals surface area contributed by atoms with E-state index in [0.717, 1.165) is 25.9 Å². The minimum atomic E-state index is -0.499. The van der Waals surface area contributed by atoms with Gasteiger partial charge in [0.1, 0.15) is 0 Å². The quantitative estimate of drug-likeness (QED) is 0.620. The summed E-state index contributed by atoms with van der Waals surface area (Å²) in [6, 6.07) is 5.78. The van der Waals surface area contributed by atoms with E-state index < -0.39 is 4.92 Å². The Hall–Kier alpha value is -1.95. The Balaban J connectivity index is 1.85. The molecule has 2 N–H and O–H groups in total. The van der Waals surface area contributed by atoms with E-state index in [1.807, 2.05) is 0 Å². The summed E-state index contributed by atoms with van der Waals surface area (Å²) in [7, 11) is 0. The van der Waals surface area contributed by atoms with Crippen molar-refractivity contribution in [2.24, 2.45) is 5.92 Å². The standard InChI is InChI=1S/C13H17N3O3/c17-13(15-7-5-10-4-6-14-9-10)11-2-1-3-12(8-11)16(18)19/h1-3,8,10,14H,4-7,9H2,(H,15,17). The summed E-state index contributed by atoms with van der Waals surface area (Å²) in [5, 5.41) is 16.7. The summed E-state index contributed by atoms with van der Waals surface area (Å²) in [6.45, 7) is 2.66. The van der Waals surface area contributed by atoms with Crippen LogP contribution in [0.5, 0.6) is 0 Å². The summed E-state index contributed by atoms with van der Waals surface area (Å²) in [4.78, 5) is 22.0. The van der Waals surface area contributed by atoms with Gasteiger partial charge in [-0.3, -0.25) is 14.9 Å². The highest BCUT2D eigenvalue weighted by Gasteiger charge is 2.15. The van der Waals surface area contributed by atoms with Crippen molar-refractivity contribution < 1.29 is 9.72 Å². The molecule has 1 unspecified atom stereocenters. The van der Waals surface area contributed by atoms with Crippen LogP contribution < -0.4 is 10.6 Å². The molecule has 0 aromatic heterocycles. The molecule has 0 spiro atoms. The number of nitro groups is 1. The van der Waals surface area contributed by atoms with Gasteiger partial charge in [0.05, 0.1) is 4.92 Å². The van der Waals surface area contributed by atoms with Gasteiger partial charge in [-0.1, -0.05) is 6.07 Å². The minimum absolute atomic E-state index is 0.0624. The number of carbonyl (C=O) groups is 1. The lowest BCUT2D eigenvalue weighted by Gasteiger charge is -2.09. The fraction of sp³-hybridized carbons (Fsp3) is 0.462. The molecule has 1 aliphatic heterocycles. The van der Waals surface area contributed by atoms with Crippen LogP contribution in [-0.4, -0.2) is 30.5 Å². The van der Waals surface area contributed by atoms with Gasteiger partial charge < -0.3 is 10.6 Å². The normalized spacial score (nSPS) is 18.2. The van der Waals surface area contributed by atoms with Gasteiger partial charge in [0, 0.05) is 24.2 Å². The maximum atomic E-state index is 11.8. The van der Waals surface area contributed by atoms with Gasteiger partial charge in [0.25, 0.3) is 11.6 Å². The van der Waals surface area contributed by atoms with Crippen LogP contribution in [0.15, 0.2) is 24.3 Å². The second-order valence-electron chi connectivity index (χ2n) is 4.71. The van der Waals surface area contributed by atoms with E-state index in [0.29, 0.717) is 18.0 Å². The molecule has 1 heterocycles. The van der Waals surface area contributed by atoms with E-state index in [2.05, 4.69) is 10.6 Å². The van der Waals surface area contributed by atoms with E-state index in [1.54, 1.807) is 6.07 Å². The van der Waals surface area contributed by atoms with Crippen molar-refractivity contribution in [2.45, 2.75) is 12.8 Å². The SMILES string of the molecule is O=C(NCCC1CCNC1)c1cccc([N+](=O)[O-])c1. The molecular weight excluding hydrogens is 246 g/mol. The molecule has 1 aromatic carbocycles. The largest absolute Gasteiger partial charge is 0.352 e. The van der Waals surface area contributed by atoms with Crippen LogP contribution in [0, 0.1) is 16.0 Å². The number of nitrogens with one attached hydrogen (secondary N) is 2. The summed E-state index contributed by atoms with van der Waals surface area (Å²) < 4.78 is 0. The predicted molar refractivity (Wildman–Crippen MR) is 71.0 cm³/mol. The van der Waals surface area contributed by atoms with Crippen LogP contribution in [0.4, 0.5) is 5.69 Å². The van der Waals surface area contributed by atoms with Crippen LogP contribution >= 0.6 is 0 Å². The fourth-order valence-electron chi connectivity index (χ4n) is 2.21. The fourth-order valence-corrected chi connectivity index (χ4v) is 2.21. The maximum Gasteiger partial charge on any atom is 0.270 e. The third-order valence-corrected chi connectivity index (χ3v) is 3.32. The lowest BCUT2D eigenvalue weighted by atomic mass is 10.1. The second kappa shape index (κ2) is 6.29. The molecule has 1 saturated heterocycles. The first-order valence-corrected chi connectivity index (χ1v) is 6.40. The van der Waals surface area contributed by atoms with Crippen LogP contribution in [0.25, 0.3) is 0 Å². The molecule has 6 nitrogen and oxygen atoms in total. The number of non-ortho nitro benzene ring substituents is 1. The number of benzene rings is 1. The van der Waals surface area contributed by atoms with Crippen molar-refractivity contribution in [3.8, 4) is 0 Å². The van der Waals surface area contributed by atoms with Gasteiger partial charge in [0.15, 0.2) is 0 Å². The first-order valence-electron chi connectivity index (χ1n) is 6.40. The zero-order valence-corrected chi connectivity index (χ0v) is 10.6. The van der Waals surface area contributed by atoms with E-state index in [1.165, 1.54) is 18.2 Å².